The monoisotopic (exact) mass is 486 g/mol. The van der Waals surface area contributed by atoms with Gasteiger partial charge in [0.05, 0.1) is 17.5 Å². The SMILES string of the molecule is C[C@]12CCC[C@](C)(C[C@@H](N(CCF)c3ccc(-c4c(O)cc(-c5cn[nH]c5)c(F)c4F)nn3)C1)N2. The fourth-order valence-electron chi connectivity index (χ4n) is 6.01. The molecule has 1 aromatic carbocycles. The summed E-state index contributed by atoms with van der Waals surface area (Å²) >= 11 is 0. The summed E-state index contributed by atoms with van der Waals surface area (Å²) in [6, 6.07) is 4.31. The number of aromatic hydroxyl groups is 1. The van der Waals surface area contributed by atoms with E-state index in [1.165, 1.54) is 18.5 Å². The van der Waals surface area contributed by atoms with E-state index in [4.69, 9.17) is 0 Å². The van der Waals surface area contributed by atoms with Gasteiger partial charge in [-0.2, -0.15) is 5.10 Å². The minimum Gasteiger partial charge on any atom is -0.507 e. The van der Waals surface area contributed by atoms with Crippen molar-refractivity contribution in [3.63, 3.8) is 0 Å². The average molecular weight is 487 g/mol. The molecule has 2 aliphatic rings. The Morgan fingerprint density at radius 3 is 2.46 bits per heavy atom. The van der Waals surface area contributed by atoms with Crippen LogP contribution in [0.15, 0.2) is 30.6 Å². The van der Waals surface area contributed by atoms with Crippen LogP contribution in [0, 0.1) is 11.6 Å². The third-order valence-electron chi connectivity index (χ3n) is 7.40. The molecule has 4 heterocycles. The van der Waals surface area contributed by atoms with Crippen molar-refractivity contribution in [2.45, 2.75) is 63.1 Å². The molecule has 3 N–H and O–H groups in total. The second-order valence-electron chi connectivity index (χ2n) is 10.3. The molecule has 2 bridgehead atoms. The minimum atomic E-state index is -1.23. The Morgan fingerprint density at radius 1 is 1.11 bits per heavy atom. The third kappa shape index (κ3) is 4.35. The van der Waals surface area contributed by atoms with Crippen LogP contribution in [0.2, 0.25) is 0 Å². The molecule has 0 saturated carbocycles. The molecule has 186 valence electrons. The summed E-state index contributed by atoms with van der Waals surface area (Å²) in [6.07, 6.45) is 7.72. The molecule has 0 unspecified atom stereocenters. The van der Waals surface area contributed by atoms with Crippen molar-refractivity contribution in [1.29, 1.82) is 0 Å². The first kappa shape index (κ1) is 23.6. The zero-order valence-electron chi connectivity index (χ0n) is 19.8. The first-order valence-electron chi connectivity index (χ1n) is 11.9. The van der Waals surface area contributed by atoms with E-state index in [9.17, 15) is 18.3 Å². The van der Waals surface area contributed by atoms with Gasteiger partial charge in [-0.1, -0.05) is 0 Å². The van der Waals surface area contributed by atoms with Gasteiger partial charge in [0.15, 0.2) is 17.5 Å². The molecule has 0 amide bonds. The molecule has 0 radical (unpaired) electrons. The third-order valence-corrected chi connectivity index (χ3v) is 7.40. The lowest BCUT2D eigenvalue weighted by molar-refractivity contribution is 0.0767. The standard InChI is InChI=1S/C25H29F3N6O/c1-24-6-3-7-25(2,33-24)12-16(11-24)34(9-8-26)20-5-4-18(31-32-20)21-19(35)10-17(22(27)23(21)28)15-13-29-30-14-15/h4-5,10,13-14,16,33,35H,3,6-9,11-12H2,1-2H3,(H,29,30)/t16-,24-,25+. The highest BCUT2D eigenvalue weighted by Crippen LogP contribution is 2.42. The second-order valence-corrected chi connectivity index (χ2v) is 10.3. The quantitative estimate of drug-likeness (QED) is 0.466. The number of hydrogen-bond donors (Lipinski definition) is 3. The van der Waals surface area contributed by atoms with Crippen LogP contribution in [-0.4, -0.2) is 55.8 Å². The van der Waals surface area contributed by atoms with Gasteiger partial charge in [-0.05, 0) is 64.2 Å². The van der Waals surface area contributed by atoms with Crippen LogP contribution >= 0.6 is 0 Å². The van der Waals surface area contributed by atoms with Crippen molar-refractivity contribution in [2.24, 2.45) is 0 Å². The number of benzene rings is 1. The predicted molar refractivity (Wildman–Crippen MR) is 127 cm³/mol. The Kier molecular flexibility index (Phi) is 5.94. The molecule has 35 heavy (non-hydrogen) atoms. The summed E-state index contributed by atoms with van der Waals surface area (Å²) in [6.45, 7) is 4.05. The van der Waals surface area contributed by atoms with Crippen LogP contribution in [0.4, 0.5) is 19.0 Å². The zero-order chi connectivity index (χ0) is 24.8. The molecule has 3 atom stereocenters. The molecule has 0 spiro atoms. The molecule has 2 aliphatic heterocycles. The normalized spacial score (nSPS) is 26.0. The second kappa shape index (κ2) is 8.82. The van der Waals surface area contributed by atoms with Gasteiger partial charge in [-0.15, -0.1) is 10.2 Å². The van der Waals surface area contributed by atoms with Gasteiger partial charge in [0, 0.05) is 41.0 Å². The molecule has 2 saturated heterocycles. The van der Waals surface area contributed by atoms with Crippen molar-refractivity contribution < 1.29 is 18.3 Å². The van der Waals surface area contributed by atoms with Crippen LogP contribution in [0.3, 0.4) is 0 Å². The van der Waals surface area contributed by atoms with Gasteiger partial charge in [0.25, 0.3) is 0 Å². The van der Waals surface area contributed by atoms with E-state index in [0.717, 1.165) is 38.2 Å². The topological polar surface area (TPSA) is 90.0 Å². The van der Waals surface area contributed by atoms with Crippen LogP contribution in [0.5, 0.6) is 5.75 Å². The number of nitrogens with zero attached hydrogens (tertiary/aromatic N) is 4. The van der Waals surface area contributed by atoms with Gasteiger partial charge < -0.3 is 15.3 Å². The molecule has 7 nitrogen and oxygen atoms in total. The molecule has 2 fully saturated rings. The van der Waals surface area contributed by atoms with Gasteiger partial charge in [-0.3, -0.25) is 5.10 Å². The van der Waals surface area contributed by atoms with Crippen molar-refractivity contribution in [1.82, 2.24) is 25.7 Å². The average Bonchev–Trinajstić information content (AvgIpc) is 3.34. The zero-order valence-corrected chi connectivity index (χ0v) is 19.8. The summed E-state index contributed by atoms with van der Waals surface area (Å²) < 4.78 is 43.4. The number of fused-ring (bicyclic) bond motifs is 2. The lowest BCUT2D eigenvalue weighted by atomic mass is 9.69. The van der Waals surface area contributed by atoms with E-state index in [1.54, 1.807) is 6.07 Å². The maximum atomic E-state index is 15.0. The maximum absolute atomic E-state index is 15.0. The first-order chi connectivity index (χ1) is 16.7. The van der Waals surface area contributed by atoms with Gasteiger partial charge in [0.2, 0.25) is 0 Å². The van der Waals surface area contributed by atoms with E-state index in [0.29, 0.717) is 11.4 Å². The highest BCUT2D eigenvalue weighted by molar-refractivity contribution is 5.75. The summed E-state index contributed by atoms with van der Waals surface area (Å²) in [7, 11) is 0. The van der Waals surface area contributed by atoms with Crippen molar-refractivity contribution in [3.8, 4) is 28.1 Å². The number of anilines is 1. The molecule has 10 heteroatoms. The fourth-order valence-corrected chi connectivity index (χ4v) is 6.01. The van der Waals surface area contributed by atoms with Gasteiger partial charge >= 0.3 is 0 Å². The Bertz CT molecular complexity index is 1190. The molecule has 5 rings (SSSR count). The molecule has 2 aromatic heterocycles. The van der Waals surface area contributed by atoms with E-state index in [2.05, 4.69) is 39.6 Å². The fraction of sp³-hybridized carbons (Fsp3) is 0.480. The van der Waals surface area contributed by atoms with E-state index < -0.39 is 24.1 Å². The maximum Gasteiger partial charge on any atom is 0.172 e. The number of nitrogens with one attached hydrogen (secondary N) is 2. The van der Waals surface area contributed by atoms with Crippen molar-refractivity contribution in [2.75, 3.05) is 18.1 Å². The van der Waals surface area contributed by atoms with Crippen LogP contribution in [0.25, 0.3) is 22.4 Å². The Morgan fingerprint density at radius 2 is 1.86 bits per heavy atom. The number of piperidine rings is 2. The van der Waals surface area contributed by atoms with E-state index >= 15 is 0 Å². The predicted octanol–water partition coefficient (Wildman–Crippen LogP) is 4.75. The first-order valence-corrected chi connectivity index (χ1v) is 11.9. The lowest BCUT2D eigenvalue weighted by Gasteiger charge is -2.55. The Balaban J connectivity index is 1.45. The number of aromatic amines is 1. The number of hydrogen-bond acceptors (Lipinski definition) is 6. The van der Waals surface area contributed by atoms with E-state index in [1.807, 2.05) is 4.90 Å². The summed E-state index contributed by atoms with van der Waals surface area (Å²) in [4.78, 5) is 1.93. The molecule has 0 aliphatic carbocycles. The number of H-pyrrole nitrogens is 1. The summed E-state index contributed by atoms with van der Waals surface area (Å²) in [5.74, 6) is -2.34. The largest absolute Gasteiger partial charge is 0.507 e. The number of rotatable bonds is 6. The minimum absolute atomic E-state index is 0.0114. The number of alkyl halides is 1. The van der Waals surface area contributed by atoms with Crippen LogP contribution in [-0.2, 0) is 0 Å². The highest BCUT2D eigenvalue weighted by Gasteiger charge is 2.47. The van der Waals surface area contributed by atoms with Gasteiger partial charge in [0.1, 0.15) is 12.4 Å². The van der Waals surface area contributed by atoms with Crippen LogP contribution < -0.4 is 10.2 Å². The number of phenolic OH excluding ortho intramolecular Hbond substituents is 1. The number of aromatic nitrogens is 4. The molecule has 3 aromatic rings. The molecular formula is C25H29F3N6O. The van der Waals surface area contributed by atoms with Crippen molar-refractivity contribution >= 4 is 5.82 Å². The van der Waals surface area contributed by atoms with Crippen LogP contribution in [0.1, 0.15) is 46.0 Å². The molecular weight excluding hydrogens is 457 g/mol. The summed E-state index contributed by atoms with van der Waals surface area (Å²) in [5, 5.41) is 28.9. The lowest BCUT2D eigenvalue weighted by Crippen LogP contribution is -2.67. The highest BCUT2D eigenvalue weighted by atomic mass is 19.2. The Labute approximate surface area is 201 Å². The summed E-state index contributed by atoms with van der Waals surface area (Å²) in [5.41, 5.74) is -0.248. The van der Waals surface area contributed by atoms with Gasteiger partial charge in [-0.25, -0.2) is 13.2 Å². The smallest absolute Gasteiger partial charge is 0.172 e. The number of halogens is 3. The number of phenols is 1. The van der Waals surface area contributed by atoms with E-state index in [-0.39, 0.29) is 40.5 Å². The Hall–Kier alpha value is -3.14. The van der Waals surface area contributed by atoms with Crippen molar-refractivity contribution in [3.05, 3.63) is 42.2 Å².